The molecule has 1 aliphatic heterocycles. The van der Waals surface area contributed by atoms with Crippen molar-refractivity contribution in [2.75, 3.05) is 11.1 Å². The summed E-state index contributed by atoms with van der Waals surface area (Å²) < 4.78 is 1.14. The van der Waals surface area contributed by atoms with Crippen LogP contribution in [0.3, 0.4) is 0 Å². The summed E-state index contributed by atoms with van der Waals surface area (Å²) in [6.07, 6.45) is 0. The lowest BCUT2D eigenvalue weighted by Crippen LogP contribution is -2.09. The summed E-state index contributed by atoms with van der Waals surface area (Å²) in [5, 5.41) is 14.6. The van der Waals surface area contributed by atoms with E-state index in [-0.39, 0.29) is 11.8 Å². The Bertz CT molecular complexity index is 721. The summed E-state index contributed by atoms with van der Waals surface area (Å²) >= 11 is 3.26. The summed E-state index contributed by atoms with van der Waals surface area (Å²) in [6.45, 7) is 7.80. The molecular weight excluding hydrogens is 302 g/mol. The first-order valence-electron chi connectivity index (χ1n) is 6.79. The highest BCUT2D eigenvalue weighted by Crippen LogP contribution is 2.32. The van der Waals surface area contributed by atoms with E-state index in [4.69, 9.17) is 0 Å². The van der Waals surface area contributed by atoms with Gasteiger partial charge < -0.3 is 10.4 Å². The Morgan fingerprint density at radius 3 is 2.95 bits per heavy atom. The number of hydrogen-bond acceptors (Lipinski definition) is 6. The quantitative estimate of drug-likeness (QED) is 0.835. The van der Waals surface area contributed by atoms with E-state index >= 15 is 0 Å². The number of aliphatic hydroxyl groups excluding tert-OH is 1. The molecule has 0 bridgehead atoms. The lowest BCUT2D eigenvalue weighted by atomic mass is 10.2. The van der Waals surface area contributed by atoms with Gasteiger partial charge in [0.2, 0.25) is 0 Å². The Labute approximate surface area is 132 Å². The predicted molar refractivity (Wildman–Crippen MR) is 92.9 cm³/mol. The summed E-state index contributed by atoms with van der Waals surface area (Å²) in [6, 6.07) is 6.41. The second-order valence-corrected chi connectivity index (χ2v) is 7.29. The molecular formula is C15H17N3OS2. The van der Waals surface area contributed by atoms with Crippen LogP contribution in [0, 0.1) is 0 Å². The van der Waals surface area contributed by atoms with Crippen LogP contribution in [-0.2, 0) is 0 Å². The molecule has 1 aromatic heterocycles. The van der Waals surface area contributed by atoms with E-state index in [1.807, 2.05) is 12.1 Å². The number of thiazole rings is 1. The van der Waals surface area contributed by atoms with E-state index in [0.29, 0.717) is 6.04 Å². The molecule has 1 aliphatic rings. The number of thioether (sulfide) groups is 1. The Morgan fingerprint density at radius 2 is 2.29 bits per heavy atom. The van der Waals surface area contributed by atoms with E-state index in [0.717, 1.165) is 31.7 Å². The Hall–Kier alpha value is -1.53. The molecule has 3 rings (SSSR count). The van der Waals surface area contributed by atoms with E-state index in [9.17, 15) is 5.11 Å². The fourth-order valence-corrected chi connectivity index (χ4v) is 4.25. The van der Waals surface area contributed by atoms with Crippen molar-refractivity contribution in [1.82, 2.24) is 4.98 Å². The zero-order valence-corrected chi connectivity index (χ0v) is 13.6. The molecule has 0 fully saturated rings. The molecule has 0 saturated heterocycles. The molecule has 0 spiro atoms. The van der Waals surface area contributed by atoms with Gasteiger partial charge in [0.25, 0.3) is 0 Å². The standard InChI is InChI=1S/C15H17N3OS2/c1-8(2)16-10-4-5-11-13(6-10)21-15(17-11)14-18-12(7-20-14)9(3)19/h4-6,8,12,16,19H,3,7H2,1-2H3. The summed E-state index contributed by atoms with van der Waals surface area (Å²) in [4.78, 5) is 9.12. The molecule has 4 nitrogen and oxygen atoms in total. The maximum absolute atomic E-state index is 9.44. The van der Waals surface area contributed by atoms with Crippen LogP contribution >= 0.6 is 23.1 Å². The van der Waals surface area contributed by atoms with E-state index in [1.54, 1.807) is 23.1 Å². The molecule has 21 heavy (non-hydrogen) atoms. The lowest BCUT2D eigenvalue weighted by Gasteiger charge is -2.08. The van der Waals surface area contributed by atoms with Crippen molar-refractivity contribution in [2.24, 2.45) is 4.99 Å². The van der Waals surface area contributed by atoms with Crippen molar-refractivity contribution in [1.29, 1.82) is 0 Å². The largest absolute Gasteiger partial charge is 0.511 e. The fourth-order valence-electron chi connectivity index (χ4n) is 2.10. The number of rotatable bonds is 4. The second-order valence-electron chi connectivity index (χ2n) is 5.25. The zero-order valence-electron chi connectivity index (χ0n) is 12.0. The second kappa shape index (κ2) is 5.69. The van der Waals surface area contributed by atoms with Crippen molar-refractivity contribution >= 4 is 44.0 Å². The molecule has 110 valence electrons. The first-order valence-corrected chi connectivity index (χ1v) is 8.59. The van der Waals surface area contributed by atoms with Gasteiger partial charge in [0, 0.05) is 17.5 Å². The highest BCUT2D eigenvalue weighted by Gasteiger charge is 2.23. The summed E-state index contributed by atoms with van der Waals surface area (Å²) in [5.41, 5.74) is 2.09. The maximum atomic E-state index is 9.44. The molecule has 0 amide bonds. The number of benzene rings is 1. The maximum Gasteiger partial charge on any atom is 0.149 e. The van der Waals surface area contributed by atoms with Gasteiger partial charge in [-0.2, -0.15) is 0 Å². The van der Waals surface area contributed by atoms with Gasteiger partial charge in [0.15, 0.2) is 0 Å². The number of nitrogens with zero attached hydrogens (tertiary/aromatic N) is 2. The Morgan fingerprint density at radius 1 is 1.48 bits per heavy atom. The predicted octanol–water partition coefficient (Wildman–Crippen LogP) is 4.05. The first-order chi connectivity index (χ1) is 10.0. The number of aliphatic imine (C=N–C) groups is 1. The molecule has 2 heterocycles. The molecule has 0 aliphatic carbocycles. The average Bonchev–Trinajstić information content (AvgIpc) is 3.03. The highest BCUT2D eigenvalue weighted by molar-refractivity contribution is 8.15. The number of anilines is 1. The van der Waals surface area contributed by atoms with Crippen LogP contribution in [0.4, 0.5) is 5.69 Å². The third-order valence-electron chi connectivity index (χ3n) is 3.06. The third-order valence-corrected chi connectivity index (χ3v) is 5.27. The minimum atomic E-state index is -0.199. The van der Waals surface area contributed by atoms with Crippen molar-refractivity contribution in [2.45, 2.75) is 25.9 Å². The van der Waals surface area contributed by atoms with Crippen LogP contribution in [0.1, 0.15) is 18.9 Å². The molecule has 0 radical (unpaired) electrons. The smallest absolute Gasteiger partial charge is 0.149 e. The van der Waals surface area contributed by atoms with Crippen LogP contribution in [0.2, 0.25) is 0 Å². The van der Waals surface area contributed by atoms with Crippen molar-refractivity contribution in [3.8, 4) is 0 Å². The van der Waals surface area contributed by atoms with Crippen LogP contribution < -0.4 is 5.32 Å². The number of nitrogens with one attached hydrogen (secondary N) is 1. The van der Waals surface area contributed by atoms with Gasteiger partial charge in [-0.3, -0.25) is 4.99 Å². The normalized spacial score (nSPS) is 18.2. The topological polar surface area (TPSA) is 57.5 Å². The van der Waals surface area contributed by atoms with E-state index in [1.165, 1.54) is 0 Å². The Balaban J connectivity index is 1.91. The molecule has 0 saturated carbocycles. The van der Waals surface area contributed by atoms with Crippen LogP contribution in [0.5, 0.6) is 0 Å². The van der Waals surface area contributed by atoms with Gasteiger partial charge in [0.05, 0.1) is 10.2 Å². The Kier molecular flexibility index (Phi) is 3.91. The van der Waals surface area contributed by atoms with Gasteiger partial charge in [-0.1, -0.05) is 6.58 Å². The fraction of sp³-hybridized carbons (Fsp3) is 0.333. The van der Waals surface area contributed by atoms with Crippen molar-refractivity contribution < 1.29 is 5.11 Å². The summed E-state index contributed by atoms with van der Waals surface area (Å²) in [7, 11) is 0. The monoisotopic (exact) mass is 319 g/mol. The highest BCUT2D eigenvalue weighted by atomic mass is 32.2. The lowest BCUT2D eigenvalue weighted by molar-refractivity contribution is 0.381. The SMILES string of the molecule is C=C(O)C1CSC(c2nc3ccc(NC(C)C)cc3s2)=N1. The number of aliphatic hydroxyl groups is 1. The average molecular weight is 319 g/mol. The molecule has 1 atom stereocenters. The third kappa shape index (κ3) is 3.06. The van der Waals surface area contributed by atoms with Crippen LogP contribution in [0.15, 0.2) is 35.5 Å². The van der Waals surface area contributed by atoms with Gasteiger partial charge in [-0.05, 0) is 32.0 Å². The minimum Gasteiger partial charge on any atom is -0.511 e. The molecule has 6 heteroatoms. The number of aromatic nitrogens is 1. The van der Waals surface area contributed by atoms with Gasteiger partial charge >= 0.3 is 0 Å². The van der Waals surface area contributed by atoms with Gasteiger partial charge in [-0.25, -0.2) is 4.98 Å². The zero-order chi connectivity index (χ0) is 15.0. The molecule has 1 unspecified atom stereocenters. The van der Waals surface area contributed by atoms with E-state index in [2.05, 4.69) is 41.8 Å². The summed E-state index contributed by atoms with van der Waals surface area (Å²) in [5.74, 6) is 0.864. The number of fused-ring (bicyclic) bond motifs is 1. The first kappa shape index (κ1) is 14.4. The number of hydrogen-bond donors (Lipinski definition) is 2. The molecule has 2 N–H and O–H groups in total. The van der Waals surface area contributed by atoms with E-state index < -0.39 is 0 Å². The van der Waals surface area contributed by atoms with Crippen LogP contribution in [0.25, 0.3) is 10.2 Å². The molecule has 2 aromatic rings. The van der Waals surface area contributed by atoms with Gasteiger partial charge in [0.1, 0.15) is 21.9 Å². The van der Waals surface area contributed by atoms with Crippen molar-refractivity contribution in [3.05, 3.63) is 35.5 Å². The van der Waals surface area contributed by atoms with Crippen LogP contribution in [-0.4, -0.2) is 33.0 Å². The molecule has 1 aromatic carbocycles. The van der Waals surface area contributed by atoms with Gasteiger partial charge in [-0.15, -0.1) is 23.1 Å². The minimum absolute atomic E-state index is 0.127. The van der Waals surface area contributed by atoms with Crippen molar-refractivity contribution in [3.63, 3.8) is 0 Å².